The second-order valence-electron chi connectivity index (χ2n) is 4.13. The summed E-state index contributed by atoms with van der Waals surface area (Å²) in [6.45, 7) is 7.10. The molecule has 5 nitrogen and oxygen atoms in total. The summed E-state index contributed by atoms with van der Waals surface area (Å²) >= 11 is 0. The Morgan fingerprint density at radius 2 is 2.00 bits per heavy atom. The average molecular weight is 187 g/mol. The maximum Gasteiger partial charge on any atom is 0.439 e. The number of nitrogens with zero attached hydrogens (tertiary/aromatic N) is 2. The largest absolute Gasteiger partial charge is 0.442 e. The number of ether oxygens (including phenoxy) is 1. The van der Waals surface area contributed by atoms with E-state index in [1.807, 2.05) is 20.8 Å². The van der Waals surface area contributed by atoms with Crippen LogP contribution in [0.25, 0.3) is 0 Å². The molecule has 0 atom stereocenters. The molecule has 0 aliphatic carbocycles. The van der Waals surface area contributed by atoms with Gasteiger partial charge >= 0.3 is 6.09 Å². The highest BCUT2D eigenvalue weighted by Crippen LogP contribution is 2.12. The first kappa shape index (κ1) is 10.3. The average Bonchev–Trinajstić information content (AvgIpc) is 1.78. The van der Waals surface area contributed by atoms with Gasteiger partial charge in [-0.15, -0.1) is 0 Å². The van der Waals surface area contributed by atoms with Crippen LogP contribution >= 0.6 is 0 Å². The lowest BCUT2D eigenvalue weighted by molar-refractivity contribution is -0.0811. The molecule has 76 valence electrons. The van der Waals surface area contributed by atoms with Crippen molar-refractivity contribution in [2.75, 3.05) is 13.1 Å². The minimum Gasteiger partial charge on any atom is -0.442 e. The van der Waals surface area contributed by atoms with E-state index in [2.05, 4.69) is 0 Å². The number of carbonyl (C=O) groups is 1. The van der Waals surface area contributed by atoms with Crippen LogP contribution in [-0.4, -0.2) is 34.9 Å². The number of hydrazine groups is 2. The summed E-state index contributed by atoms with van der Waals surface area (Å²) in [4.78, 5) is 11.3. The van der Waals surface area contributed by atoms with E-state index >= 15 is 0 Å². The van der Waals surface area contributed by atoms with Crippen LogP contribution in [0.15, 0.2) is 0 Å². The molecule has 0 unspecified atom stereocenters. The van der Waals surface area contributed by atoms with Crippen LogP contribution in [0.4, 0.5) is 4.79 Å². The summed E-state index contributed by atoms with van der Waals surface area (Å²) < 4.78 is 5.08. The van der Waals surface area contributed by atoms with Crippen molar-refractivity contribution < 1.29 is 9.53 Å². The zero-order chi connectivity index (χ0) is 10.1. The van der Waals surface area contributed by atoms with Crippen molar-refractivity contribution in [3.63, 3.8) is 0 Å². The van der Waals surface area contributed by atoms with Crippen molar-refractivity contribution in [2.45, 2.75) is 32.8 Å². The third kappa shape index (κ3) is 2.86. The number of amides is 1. The van der Waals surface area contributed by atoms with E-state index in [9.17, 15) is 4.79 Å². The summed E-state index contributed by atoms with van der Waals surface area (Å²) in [6.07, 6.45) is 0.587. The Kier molecular flexibility index (Phi) is 2.77. The molecule has 1 aliphatic rings. The highest BCUT2D eigenvalue weighted by molar-refractivity contribution is 5.66. The van der Waals surface area contributed by atoms with Gasteiger partial charge in [-0.2, -0.15) is 5.12 Å². The van der Waals surface area contributed by atoms with Gasteiger partial charge in [0.1, 0.15) is 5.60 Å². The Hall–Kier alpha value is -0.810. The van der Waals surface area contributed by atoms with Gasteiger partial charge in [0, 0.05) is 13.1 Å². The van der Waals surface area contributed by atoms with E-state index in [0.29, 0.717) is 0 Å². The fourth-order valence-corrected chi connectivity index (χ4v) is 0.939. The van der Waals surface area contributed by atoms with Gasteiger partial charge in [0.2, 0.25) is 0 Å². The Morgan fingerprint density at radius 1 is 1.46 bits per heavy atom. The molecule has 0 bridgehead atoms. The van der Waals surface area contributed by atoms with Crippen LogP contribution in [0.1, 0.15) is 27.2 Å². The van der Waals surface area contributed by atoms with Crippen molar-refractivity contribution in [1.82, 2.24) is 10.1 Å². The van der Waals surface area contributed by atoms with E-state index in [0.717, 1.165) is 24.6 Å². The van der Waals surface area contributed by atoms with Gasteiger partial charge < -0.3 is 4.74 Å². The van der Waals surface area contributed by atoms with Gasteiger partial charge in [-0.05, 0) is 27.2 Å². The molecule has 13 heavy (non-hydrogen) atoms. The van der Waals surface area contributed by atoms with Crippen LogP contribution < -0.4 is 5.84 Å². The molecule has 0 aromatic rings. The summed E-state index contributed by atoms with van der Waals surface area (Å²) in [7, 11) is 0. The van der Waals surface area contributed by atoms with E-state index in [1.54, 1.807) is 5.01 Å². The molecular weight excluding hydrogens is 170 g/mol. The highest BCUT2D eigenvalue weighted by atomic mass is 16.6. The Balaban J connectivity index is 2.38. The Labute approximate surface area is 78.4 Å². The van der Waals surface area contributed by atoms with Crippen molar-refractivity contribution in [3.8, 4) is 0 Å². The zero-order valence-electron chi connectivity index (χ0n) is 8.41. The fourth-order valence-electron chi connectivity index (χ4n) is 0.939. The summed E-state index contributed by atoms with van der Waals surface area (Å²) in [5.41, 5.74) is -0.487. The van der Waals surface area contributed by atoms with Crippen molar-refractivity contribution in [3.05, 3.63) is 0 Å². The fraction of sp³-hybridized carbons (Fsp3) is 0.875. The lowest BCUT2D eigenvalue weighted by Gasteiger charge is -2.37. The van der Waals surface area contributed by atoms with E-state index in [-0.39, 0.29) is 0 Å². The minimum atomic E-state index is -0.493. The van der Waals surface area contributed by atoms with E-state index < -0.39 is 11.7 Å². The predicted molar refractivity (Wildman–Crippen MR) is 48.5 cm³/mol. The predicted octanol–water partition coefficient (Wildman–Crippen LogP) is 0.718. The quantitative estimate of drug-likeness (QED) is 0.373. The van der Waals surface area contributed by atoms with Crippen molar-refractivity contribution in [1.29, 1.82) is 0 Å². The highest BCUT2D eigenvalue weighted by Gasteiger charge is 2.27. The molecule has 5 heteroatoms. The van der Waals surface area contributed by atoms with Gasteiger partial charge in [-0.25, -0.2) is 15.6 Å². The van der Waals surface area contributed by atoms with Crippen LogP contribution in [-0.2, 0) is 4.74 Å². The van der Waals surface area contributed by atoms with Crippen LogP contribution in [0.3, 0.4) is 0 Å². The molecule has 1 amide bonds. The monoisotopic (exact) mass is 187 g/mol. The van der Waals surface area contributed by atoms with Gasteiger partial charge in [0.05, 0.1) is 0 Å². The molecule has 1 rings (SSSR count). The minimum absolute atomic E-state index is 0.487. The van der Waals surface area contributed by atoms with Crippen molar-refractivity contribution in [2.24, 2.45) is 5.84 Å². The molecule has 0 aromatic carbocycles. The zero-order valence-corrected chi connectivity index (χ0v) is 8.41. The summed E-state index contributed by atoms with van der Waals surface area (Å²) in [6, 6.07) is 0. The molecule has 1 fully saturated rings. The topological polar surface area (TPSA) is 58.8 Å². The maximum atomic E-state index is 11.3. The first-order valence-corrected chi connectivity index (χ1v) is 4.43. The molecule has 1 aliphatic heterocycles. The number of rotatable bonds is 1. The number of carbonyl (C=O) groups excluding carboxylic acids is 1. The number of nitrogens with two attached hydrogens (primary N) is 1. The van der Waals surface area contributed by atoms with E-state index in [1.165, 1.54) is 0 Å². The Bertz CT molecular complexity index is 196. The Morgan fingerprint density at radius 3 is 2.31 bits per heavy atom. The lowest BCUT2D eigenvalue weighted by atomic mass is 10.2. The van der Waals surface area contributed by atoms with Crippen LogP contribution in [0.2, 0.25) is 0 Å². The smallest absolute Gasteiger partial charge is 0.439 e. The maximum absolute atomic E-state index is 11.3. The summed E-state index contributed by atoms with van der Waals surface area (Å²) in [5, 5.41) is 2.79. The molecule has 0 saturated carbocycles. The first-order valence-electron chi connectivity index (χ1n) is 4.43. The standard InChI is InChI=1S/C8H17N3O2/c1-8(2,3)13-7(12)11(9)10-5-4-6-10/h4-6,9H2,1-3H3. The molecule has 0 aromatic heterocycles. The van der Waals surface area contributed by atoms with Gasteiger partial charge in [0.15, 0.2) is 0 Å². The molecule has 0 radical (unpaired) electrons. The van der Waals surface area contributed by atoms with Gasteiger partial charge in [0.25, 0.3) is 0 Å². The molecule has 2 N–H and O–H groups in total. The lowest BCUT2D eigenvalue weighted by Crippen LogP contribution is -2.57. The van der Waals surface area contributed by atoms with Crippen LogP contribution in [0.5, 0.6) is 0 Å². The molecule has 1 saturated heterocycles. The van der Waals surface area contributed by atoms with Crippen LogP contribution in [0, 0.1) is 0 Å². The normalized spacial score (nSPS) is 17.8. The number of hydrogen-bond acceptors (Lipinski definition) is 4. The third-order valence-corrected chi connectivity index (χ3v) is 1.72. The molecular formula is C8H17N3O2. The first-order chi connectivity index (χ1) is 5.90. The SMILES string of the molecule is CC(C)(C)OC(=O)N(N)N1CCC1. The summed E-state index contributed by atoms with van der Waals surface area (Å²) in [5.74, 6) is 5.51. The second kappa shape index (κ2) is 3.51. The molecule has 0 spiro atoms. The molecule has 1 heterocycles. The second-order valence-corrected chi connectivity index (χ2v) is 4.13. The van der Waals surface area contributed by atoms with Gasteiger partial charge in [-0.3, -0.25) is 0 Å². The van der Waals surface area contributed by atoms with E-state index in [4.69, 9.17) is 10.6 Å². The number of hydrogen-bond donors (Lipinski definition) is 1. The van der Waals surface area contributed by atoms with Gasteiger partial charge in [-0.1, -0.05) is 0 Å². The van der Waals surface area contributed by atoms with Crippen molar-refractivity contribution >= 4 is 6.09 Å². The third-order valence-electron chi connectivity index (χ3n) is 1.72.